The van der Waals surface area contributed by atoms with Gasteiger partial charge in [-0.05, 0) is 11.6 Å². The molecule has 1 fully saturated rings. The van der Waals surface area contributed by atoms with Crippen LogP contribution in [-0.4, -0.2) is 39.0 Å². The summed E-state index contributed by atoms with van der Waals surface area (Å²) in [5, 5.41) is 0. The molecular weight excluding hydrogens is 353 g/mol. The van der Waals surface area contributed by atoms with Gasteiger partial charge >= 0.3 is 15.6 Å². The SMILES string of the molecule is O=S(=O)(OC1=C[C@H](OCc2ccccc2)[C@@H]2OCC1O2)C(F)(F)F. The molecule has 1 saturated heterocycles. The van der Waals surface area contributed by atoms with Gasteiger partial charge in [-0.25, -0.2) is 0 Å². The topological polar surface area (TPSA) is 71.1 Å². The van der Waals surface area contributed by atoms with Gasteiger partial charge in [-0.2, -0.15) is 21.6 Å². The van der Waals surface area contributed by atoms with E-state index in [0.717, 1.165) is 11.6 Å². The van der Waals surface area contributed by atoms with Crippen molar-refractivity contribution in [2.75, 3.05) is 6.61 Å². The molecule has 3 atom stereocenters. The van der Waals surface area contributed by atoms with Gasteiger partial charge in [-0.1, -0.05) is 30.3 Å². The Morgan fingerprint density at radius 1 is 1.21 bits per heavy atom. The highest BCUT2D eigenvalue weighted by Crippen LogP contribution is 2.34. The van der Waals surface area contributed by atoms with E-state index in [2.05, 4.69) is 4.18 Å². The average Bonchev–Trinajstić information content (AvgIpc) is 2.94. The molecule has 24 heavy (non-hydrogen) atoms. The van der Waals surface area contributed by atoms with Crippen molar-refractivity contribution in [2.45, 2.75) is 30.6 Å². The quantitative estimate of drug-likeness (QED) is 0.587. The second kappa shape index (κ2) is 6.36. The van der Waals surface area contributed by atoms with Crippen molar-refractivity contribution in [3.8, 4) is 0 Å². The van der Waals surface area contributed by atoms with Gasteiger partial charge in [0.05, 0.1) is 13.2 Å². The molecule has 0 radical (unpaired) electrons. The molecule has 0 N–H and O–H groups in total. The normalized spacial score (nSPS) is 27.0. The molecule has 1 aromatic carbocycles. The molecule has 0 aliphatic carbocycles. The largest absolute Gasteiger partial charge is 0.534 e. The van der Waals surface area contributed by atoms with Gasteiger partial charge in [-0.3, -0.25) is 0 Å². The first-order chi connectivity index (χ1) is 11.3. The van der Waals surface area contributed by atoms with Crippen molar-refractivity contribution < 1.29 is 40.0 Å². The summed E-state index contributed by atoms with van der Waals surface area (Å²) < 4.78 is 79.9. The average molecular weight is 366 g/mol. The Hall–Kier alpha value is -1.62. The predicted octanol–water partition coefficient (Wildman–Crippen LogP) is 2.08. The molecule has 0 aromatic heterocycles. The van der Waals surface area contributed by atoms with Crippen molar-refractivity contribution in [1.29, 1.82) is 0 Å². The minimum Gasteiger partial charge on any atom is -0.378 e. The molecule has 10 heteroatoms. The molecule has 6 nitrogen and oxygen atoms in total. The van der Waals surface area contributed by atoms with Crippen LogP contribution in [0.3, 0.4) is 0 Å². The number of rotatable bonds is 5. The number of halogens is 3. The number of fused-ring (bicyclic) bond motifs is 2. The maximum absolute atomic E-state index is 12.5. The lowest BCUT2D eigenvalue weighted by Crippen LogP contribution is -2.36. The molecule has 2 aliphatic heterocycles. The lowest BCUT2D eigenvalue weighted by molar-refractivity contribution is -0.146. The molecular formula is C14H13F3O6S. The minimum absolute atomic E-state index is 0.116. The minimum atomic E-state index is -5.77. The van der Waals surface area contributed by atoms with Crippen LogP contribution in [0.25, 0.3) is 0 Å². The Bertz CT molecular complexity index is 716. The molecule has 1 unspecified atom stereocenters. The summed E-state index contributed by atoms with van der Waals surface area (Å²) in [4.78, 5) is 0. The highest BCUT2D eigenvalue weighted by Gasteiger charge is 2.51. The van der Waals surface area contributed by atoms with E-state index < -0.39 is 39.9 Å². The van der Waals surface area contributed by atoms with E-state index in [1.54, 1.807) is 24.3 Å². The summed E-state index contributed by atoms with van der Waals surface area (Å²) in [5.74, 6) is -0.487. The fourth-order valence-corrected chi connectivity index (χ4v) is 2.75. The maximum atomic E-state index is 12.5. The van der Waals surface area contributed by atoms with Gasteiger partial charge < -0.3 is 18.4 Å². The summed E-state index contributed by atoms with van der Waals surface area (Å²) in [6.45, 7) is 0.0320. The summed E-state index contributed by atoms with van der Waals surface area (Å²) in [6.07, 6.45) is -1.57. The highest BCUT2D eigenvalue weighted by atomic mass is 32.2. The molecule has 0 spiro atoms. The van der Waals surface area contributed by atoms with Crippen LogP contribution in [0.15, 0.2) is 42.2 Å². The smallest absolute Gasteiger partial charge is 0.378 e. The van der Waals surface area contributed by atoms with Gasteiger partial charge in [0.15, 0.2) is 6.29 Å². The molecule has 2 aliphatic rings. The van der Waals surface area contributed by atoms with Crippen LogP contribution in [0.2, 0.25) is 0 Å². The first-order valence-corrected chi connectivity index (χ1v) is 8.32. The number of hydrogen-bond donors (Lipinski definition) is 0. The van der Waals surface area contributed by atoms with Crippen molar-refractivity contribution in [3.05, 3.63) is 47.7 Å². The van der Waals surface area contributed by atoms with Gasteiger partial charge in [-0.15, -0.1) is 0 Å². The van der Waals surface area contributed by atoms with E-state index >= 15 is 0 Å². The Kier molecular flexibility index (Phi) is 4.56. The zero-order valence-electron chi connectivity index (χ0n) is 12.1. The van der Waals surface area contributed by atoms with Gasteiger partial charge in [0.2, 0.25) is 0 Å². The van der Waals surface area contributed by atoms with Gasteiger partial charge in [0, 0.05) is 0 Å². The van der Waals surface area contributed by atoms with Crippen LogP contribution in [0.1, 0.15) is 5.56 Å². The molecule has 0 saturated carbocycles. The van der Waals surface area contributed by atoms with Crippen LogP contribution < -0.4 is 0 Å². The van der Waals surface area contributed by atoms with Crippen molar-refractivity contribution in [3.63, 3.8) is 0 Å². The molecule has 2 heterocycles. The van der Waals surface area contributed by atoms with E-state index in [4.69, 9.17) is 14.2 Å². The zero-order chi connectivity index (χ0) is 17.4. The van der Waals surface area contributed by atoms with E-state index in [9.17, 15) is 21.6 Å². The summed E-state index contributed by atoms with van der Waals surface area (Å²) in [5.41, 5.74) is -4.69. The Labute approximate surface area is 135 Å². The third-order valence-corrected chi connectivity index (χ3v) is 4.38. The van der Waals surface area contributed by atoms with Crippen LogP contribution in [0.4, 0.5) is 13.2 Å². The van der Waals surface area contributed by atoms with Crippen molar-refractivity contribution in [2.24, 2.45) is 0 Å². The third-order valence-electron chi connectivity index (χ3n) is 3.40. The van der Waals surface area contributed by atoms with Crippen LogP contribution in [-0.2, 0) is 35.1 Å². The fraction of sp³-hybridized carbons (Fsp3) is 0.429. The monoisotopic (exact) mass is 366 g/mol. The van der Waals surface area contributed by atoms with Crippen molar-refractivity contribution >= 4 is 10.1 Å². The zero-order valence-corrected chi connectivity index (χ0v) is 12.9. The second-order valence-corrected chi connectivity index (χ2v) is 6.68. The predicted molar refractivity (Wildman–Crippen MR) is 73.8 cm³/mol. The first-order valence-electron chi connectivity index (χ1n) is 6.91. The Morgan fingerprint density at radius 2 is 1.92 bits per heavy atom. The standard InChI is InChI=1S/C14H13F3O6S/c15-14(16,17)24(18,19)23-10-6-11(13-21-8-12(10)22-13)20-7-9-4-2-1-3-5-9/h1-6,11-13H,7-8H2/t11-,12?,13+/m0/s1. The van der Waals surface area contributed by atoms with Crippen LogP contribution >= 0.6 is 0 Å². The van der Waals surface area contributed by atoms with E-state index in [0.29, 0.717) is 0 Å². The molecule has 2 bridgehead atoms. The first kappa shape index (κ1) is 17.2. The van der Waals surface area contributed by atoms with Crippen LogP contribution in [0, 0.1) is 0 Å². The van der Waals surface area contributed by atoms with Crippen molar-refractivity contribution in [1.82, 2.24) is 0 Å². The lowest BCUT2D eigenvalue weighted by atomic mass is 10.2. The number of benzene rings is 1. The highest BCUT2D eigenvalue weighted by molar-refractivity contribution is 7.87. The molecule has 0 amide bonds. The second-order valence-electron chi connectivity index (χ2n) is 5.14. The Morgan fingerprint density at radius 3 is 2.58 bits per heavy atom. The van der Waals surface area contributed by atoms with Crippen LogP contribution in [0.5, 0.6) is 0 Å². The van der Waals surface area contributed by atoms with E-state index in [1.165, 1.54) is 0 Å². The fourth-order valence-electron chi connectivity index (χ4n) is 2.24. The number of hydrogen-bond acceptors (Lipinski definition) is 6. The summed E-state index contributed by atoms with van der Waals surface area (Å²) in [7, 11) is -5.77. The molecule has 1 aromatic rings. The summed E-state index contributed by atoms with van der Waals surface area (Å²) >= 11 is 0. The van der Waals surface area contributed by atoms with E-state index in [1.807, 2.05) is 6.07 Å². The van der Waals surface area contributed by atoms with E-state index in [-0.39, 0.29) is 13.2 Å². The Balaban J connectivity index is 1.73. The summed E-state index contributed by atoms with van der Waals surface area (Å²) in [6, 6.07) is 9.04. The number of ether oxygens (including phenoxy) is 3. The van der Waals surface area contributed by atoms with Gasteiger partial charge in [0.1, 0.15) is 18.0 Å². The molecule has 132 valence electrons. The van der Waals surface area contributed by atoms with Gasteiger partial charge in [0.25, 0.3) is 0 Å². The molecule has 3 rings (SSSR count). The third kappa shape index (κ3) is 3.56. The maximum Gasteiger partial charge on any atom is 0.534 e. The number of alkyl halides is 3. The lowest BCUT2D eigenvalue weighted by Gasteiger charge is -2.26.